The molecule has 1 aromatic carbocycles. The van der Waals surface area contributed by atoms with Crippen LogP contribution >= 0.6 is 0 Å². The van der Waals surface area contributed by atoms with Crippen LogP contribution in [0.1, 0.15) is 19.4 Å². The number of benzene rings is 1. The zero-order chi connectivity index (χ0) is 10.4. The van der Waals surface area contributed by atoms with E-state index in [1.807, 2.05) is 31.2 Å². The number of hydrogen-bond acceptors (Lipinski definition) is 2. The van der Waals surface area contributed by atoms with Crippen molar-refractivity contribution in [3.63, 3.8) is 0 Å². The van der Waals surface area contributed by atoms with Crippen LogP contribution < -0.4 is 4.74 Å². The molecule has 2 nitrogen and oxygen atoms in total. The number of rotatable bonds is 4. The first-order valence-corrected chi connectivity index (χ1v) is 4.64. The van der Waals surface area contributed by atoms with Crippen molar-refractivity contribution in [2.75, 3.05) is 6.61 Å². The fourth-order valence-electron chi connectivity index (χ4n) is 1.09. The Bertz CT molecular complexity index is 340. The second kappa shape index (κ2) is 5.22. The topological polar surface area (TPSA) is 26.3 Å². The molecule has 0 fully saturated rings. The van der Waals surface area contributed by atoms with Crippen molar-refractivity contribution in [1.29, 1.82) is 0 Å². The zero-order valence-corrected chi connectivity index (χ0v) is 8.49. The zero-order valence-electron chi connectivity index (χ0n) is 8.49. The van der Waals surface area contributed by atoms with Crippen molar-refractivity contribution in [2.24, 2.45) is 0 Å². The predicted molar refractivity (Wildman–Crippen MR) is 57.3 cm³/mol. The Morgan fingerprint density at radius 2 is 2.29 bits per heavy atom. The molecule has 14 heavy (non-hydrogen) atoms. The maximum Gasteiger partial charge on any atom is 0.152 e. The first-order chi connectivity index (χ1) is 6.72. The molecule has 0 saturated carbocycles. The molecule has 0 bridgehead atoms. The lowest BCUT2D eigenvalue weighted by atomic mass is 10.2. The first kappa shape index (κ1) is 10.5. The smallest absolute Gasteiger partial charge is 0.152 e. The molecule has 2 heteroatoms. The third-order valence-electron chi connectivity index (χ3n) is 1.68. The summed E-state index contributed by atoms with van der Waals surface area (Å²) in [4.78, 5) is 10.7. The molecular formula is C12H14O2. The third kappa shape index (κ3) is 3.44. The van der Waals surface area contributed by atoms with Crippen molar-refractivity contribution in [2.45, 2.75) is 13.8 Å². The van der Waals surface area contributed by atoms with Crippen LogP contribution in [-0.2, 0) is 4.79 Å². The van der Waals surface area contributed by atoms with Crippen LogP contribution in [0.5, 0.6) is 5.75 Å². The van der Waals surface area contributed by atoms with Crippen LogP contribution in [0.25, 0.3) is 6.08 Å². The van der Waals surface area contributed by atoms with Gasteiger partial charge in [0, 0.05) is 0 Å². The van der Waals surface area contributed by atoms with E-state index in [0.29, 0.717) is 6.61 Å². The van der Waals surface area contributed by atoms with Crippen molar-refractivity contribution < 1.29 is 9.53 Å². The number of ether oxygens (including phenoxy) is 1. The summed E-state index contributed by atoms with van der Waals surface area (Å²) in [5, 5.41) is 0. The molecule has 1 aromatic rings. The number of carbonyl (C=O) groups excluding carboxylic acids is 1. The van der Waals surface area contributed by atoms with E-state index in [9.17, 15) is 4.79 Å². The summed E-state index contributed by atoms with van der Waals surface area (Å²) in [5.74, 6) is 0.880. The highest BCUT2D eigenvalue weighted by Crippen LogP contribution is 2.14. The molecule has 0 aliphatic heterocycles. The molecule has 0 saturated heterocycles. The highest BCUT2D eigenvalue weighted by Gasteiger charge is 1.92. The number of allylic oxidation sites excluding steroid dienone is 1. The fourth-order valence-corrected chi connectivity index (χ4v) is 1.09. The van der Waals surface area contributed by atoms with Gasteiger partial charge < -0.3 is 4.74 Å². The monoisotopic (exact) mass is 190 g/mol. The predicted octanol–water partition coefficient (Wildman–Crippen LogP) is 2.69. The second-order valence-electron chi connectivity index (χ2n) is 2.95. The van der Waals surface area contributed by atoms with E-state index < -0.39 is 0 Å². The molecule has 0 radical (unpaired) electrons. The molecule has 0 unspecified atom stereocenters. The maximum absolute atomic E-state index is 10.7. The minimum atomic E-state index is 0.0480. The Kier molecular flexibility index (Phi) is 3.92. The summed E-state index contributed by atoms with van der Waals surface area (Å²) >= 11 is 0. The van der Waals surface area contributed by atoms with Gasteiger partial charge in [-0.25, -0.2) is 0 Å². The van der Waals surface area contributed by atoms with Crippen LogP contribution in [0.4, 0.5) is 0 Å². The summed E-state index contributed by atoms with van der Waals surface area (Å²) in [5.41, 5.74) is 0.978. The van der Waals surface area contributed by atoms with Gasteiger partial charge >= 0.3 is 0 Å². The largest absolute Gasteiger partial charge is 0.494 e. The van der Waals surface area contributed by atoms with Gasteiger partial charge in [-0.3, -0.25) is 4.79 Å². The van der Waals surface area contributed by atoms with Crippen LogP contribution in [0, 0.1) is 0 Å². The lowest BCUT2D eigenvalue weighted by Crippen LogP contribution is -1.91. The lowest BCUT2D eigenvalue weighted by Gasteiger charge is -2.02. The van der Waals surface area contributed by atoms with E-state index in [4.69, 9.17) is 4.74 Å². The summed E-state index contributed by atoms with van der Waals surface area (Å²) in [6.45, 7) is 4.13. The van der Waals surface area contributed by atoms with E-state index >= 15 is 0 Å². The number of carbonyl (C=O) groups is 1. The molecule has 0 aliphatic rings. The van der Waals surface area contributed by atoms with Gasteiger partial charge in [-0.15, -0.1) is 0 Å². The third-order valence-corrected chi connectivity index (χ3v) is 1.68. The van der Waals surface area contributed by atoms with Crippen molar-refractivity contribution in [3.05, 3.63) is 35.9 Å². The molecule has 0 aliphatic carbocycles. The highest BCUT2D eigenvalue weighted by molar-refractivity contribution is 5.91. The van der Waals surface area contributed by atoms with Gasteiger partial charge in [0.05, 0.1) is 6.61 Å². The average molecular weight is 190 g/mol. The molecule has 0 aromatic heterocycles. The number of hydrogen-bond donors (Lipinski definition) is 0. The van der Waals surface area contributed by atoms with E-state index in [-0.39, 0.29) is 5.78 Å². The normalized spacial score (nSPS) is 10.4. The molecule has 0 spiro atoms. The molecule has 74 valence electrons. The van der Waals surface area contributed by atoms with Crippen LogP contribution in [0.15, 0.2) is 30.3 Å². The minimum Gasteiger partial charge on any atom is -0.494 e. The first-order valence-electron chi connectivity index (χ1n) is 4.64. The Morgan fingerprint density at radius 1 is 1.50 bits per heavy atom. The SMILES string of the molecule is CCOc1cccc(C=CC(C)=O)c1. The molecule has 0 amide bonds. The molecule has 0 atom stereocenters. The van der Waals surface area contributed by atoms with Crippen molar-refractivity contribution in [3.8, 4) is 5.75 Å². The van der Waals surface area contributed by atoms with Gasteiger partial charge in [-0.05, 0) is 37.6 Å². The Labute approximate surface area is 84.2 Å². The second-order valence-corrected chi connectivity index (χ2v) is 2.95. The summed E-state index contributed by atoms with van der Waals surface area (Å²) in [7, 11) is 0. The minimum absolute atomic E-state index is 0.0480. The van der Waals surface area contributed by atoms with E-state index in [1.165, 1.54) is 6.92 Å². The molecular weight excluding hydrogens is 176 g/mol. The standard InChI is InChI=1S/C12H14O2/c1-3-14-12-6-4-5-11(9-12)8-7-10(2)13/h4-9H,3H2,1-2H3. The summed E-state index contributed by atoms with van der Waals surface area (Å²) in [6.07, 6.45) is 3.33. The highest BCUT2D eigenvalue weighted by atomic mass is 16.5. The van der Waals surface area contributed by atoms with Crippen LogP contribution in [0.2, 0.25) is 0 Å². The van der Waals surface area contributed by atoms with Crippen molar-refractivity contribution in [1.82, 2.24) is 0 Å². The molecule has 1 rings (SSSR count). The summed E-state index contributed by atoms with van der Waals surface area (Å²) < 4.78 is 5.33. The van der Waals surface area contributed by atoms with E-state index in [2.05, 4.69) is 0 Å². The Balaban J connectivity index is 2.77. The lowest BCUT2D eigenvalue weighted by molar-refractivity contribution is -0.112. The van der Waals surface area contributed by atoms with Gasteiger partial charge in [0.2, 0.25) is 0 Å². The van der Waals surface area contributed by atoms with Gasteiger partial charge in [0.25, 0.3) is 0 Å². The van der Waals surface area contributed by atoms with Crippen LogP contribution in [-0.4, -0.2) is 12.4 Å². The van der Waals surface area contributed by atoms with Crippen molar-refractivity contribution >= 4 is 11.9 Å². The average Bonchev–Trinajstić information content (AvgIpc) is 2.16. The van der Waals surface area contributed by atoms with Crippen LogP contribution in [0.3, 0.4) is 0 Å². The molecule has 0 heterocycles. The quantitative estimate of drug-likeness (QED) is 0.682. The van der Waals surface area contributed by atoms with E-state index in [0.717, 1.165) is 11.3 Å². The Morgan fingerprint density at radius 3 is 2.93 bits per heavy atom. The summed E-state index contributed by atoms with van der Waals surface area (Å²) in [6, 6.07) is 7.64. The fraction of sp³-hybridized carbons (Fsp3) is 0.250. The van der Waals surface area contributed by atoms with Gasteiger partial charge in [-0.1, -0.05) is 18.2 Å². The Hall–Kier alpha value is -1.57. The van der Waals surface area contributed by atoms with Gasteiger partial charge in [-0.2, -0.15) is 0 Å². The number of ketones is 1. The van der Waals surface area contributed by atoms with Gasteiger partial charge in [0.15, 0.2) is 5.78 Å². The molecule has 0 N–H and O–H groups in total. The van der Waals surface area contributed by atoms with E-state index in [1.54, 1.807) is 12.2 Å². The maximum atomic E-state index is 10.7. The van der Waals surface area contributed by atoms with Gasteiger partial charge in [0.1, 0.15) is 5.75 Å².